The topological polar surface area (TPSA) is 59.3 Å². The third kappa shape index (κ3) is 2.14. The summed E-state index contributed by atoms with van der Waals surface area (Å²) in [6.45, 7) is 1.99. The largest absolute Gasteiger partial charge is 0.319 e. The molecule has 3 aromatic heterocycles. The molecule has 5 nitrogen and oxygen atoms in total. The highest BCUT2D eigenvalue weighted by atomic mass is 16.2. The lowest BCUT2D eigenvalue weighted by molar-refractivity contribution is 0.102. The van der Waals surface area contributed by atoms with Crippen LogP contribution in [0.3, 0.4) is 0 Å². The fourth-order valence-electron chi connectivity index (χ4n) is 2.16. The van der Waals surface area contributed by atoms with E-state index in [0.29, 0.717) is 17.8 Å². The molecular weight excluding hydrogens is 252 g/mol. The maximum atomic E-state index is 12.5. The molecule has 0 aliphatic heterocycles. The number of amides is 1. The van der Waals surface area contributed by atoms with Crippen LogP contribution in [0, 0.1) is 0 Å². The van der Waals surface area contributed by atoms with E-state index in [9.17, 15) is 4.79 Å². The SMILES string of the molecule is CCc1nc2ccccn2c1C(=O)Nc1cccnc1. The molecule has 20 heavy (non-hydrogen) atoms. The first-order valence-electron chi connectivity index (χ1n) is 6.47. The average molecular weight is 266 g/mol. The van der Waals surface area contributed by atoms with Crippen LogP contribution in [-0.2, 0) is 6.42 Å². The minimum absolute atomic E-state index is 0.173. The molecule has 0 aliphatic rings. The number of carbonyl (C=O) groups excluding carboxylic acids is 1. The normalized spacial score (nSPS) is 10.7. The fraction of sp³-hybridized carbons (Fsp3) is 0.133. The van der Waals surface area contributed by atoms with Crippen LogP contribution in [0.25, 0.3) is 5.65 Å². The lowest BCUT2D eigenvalue weighted by Crippen LogP contribution is -2.16. The summed E-state index contributed by atoms with van der Waals surface area (Å²) >= 11 is 0. The van der Waals surface area contributed by atoms with Gasteiger partial charge in [-0.2, -0.15) is 0 Å². The summed E-state index contributed by atoms with van der Waals surface area (Å²) in [4.78, 5) is 20.9. The highest BCUT2D eigenvalue weighted by molar-refractivity contribution is 6.04. The van der Waals surface area contributed by atoms with Gasteiger partial charge in [-0.15, -0.1) is 0 Å². The number of aromatic nitrogens is 3. The highest BCUT2D eigenvalue weighted by Gasteiger charge is 2.17. The van der Waals surface area contributed by atoms with Crippen LogP contribution in [0.1, 0.15) is 23.1 Å². The molecule has 0 aliphatic carbocycles. The van der Waals surface area contributed by atoms with Crippen molar-refractivity contribution in [3.8, 4) is 0 Å². The van der Waals surface area contributed by atoms with Crippen molar-refractivity contribution in [3.05, 3.63) is 60.3 Å². The van der Waals surface area contributed by atoms with E-state index in [1.54, 1.807) is 24.5 Å². The number of anilines is 1. The summed E-state index contributed by atoms with van der Waals surface area (Å²) in [7, 11) is 0. The van der Waals surface area contributed by atoms with Gasteiger partial charge in [0.25, 0.3) is 5.91 Å². The zero-order valence-corrected chi connectivity index (χ0v) is 11.1. The number of pyridine rings is 2. The van der Waals surface area contributed by atoms with Gasteiger partial charge < -0.3 is 5.32 Å². The Bertz CT molecular complexity index is 749. The van der Waals surface area contributed by atoms with Gasteiger partial charge in [0.1, 0.15) is 11.3 Å². The van der Waals surface area contributed by atoms with E-state index in [2.05, 4.69) is 15.3 Å². The molecule has 3 aromatic rings. The number of fused-ring (bicyclic) bond motifs is 1. The monoisotopic (exact) mass is 266 g/mol. The number of nitrogens with one attached hydrogen (secondary N) is 1. The quantitative estimate of drug-likeness (QED) is 0.792. The second-order valence-corrected chi connectivity index (χ2v) is 4.39. The standard InChI is InChI=1S/C15H14N4O/c1-2-12-14(19-9-4-3-7-13(19)18-12)15(20)17-11-6-5-8-16-10-11/h3-10H,2H2,1H3,(H,17,20). The number of imidazole rings is 1. The second-order valence-electron chi connectivity index (χ2n) is 4.39. The molecule has 0 atom stereocenters. The van der Waals surface area contributed by atoms with E-state index < -0.39 is 0 Å². The first-order valence-corrected chi connectivity index (χ1v) is 6.47. The number of hydrogen-bond acceptors (Lipinski definition) is 3. The molecular formula is C15H14N4O. The second kappa shape index (κ2) is 5.13. The molecule has 0 fully saturated rings. The molecule has 0 spiro atoms. The minimum atomic E-state index is -0.173. The summed E-state index contributed by atoms with van der Waals surface area (Å²) < 4.78 is 1.81. The number of hydrogen-bond donors (Lipinski definition) is 1. The van der Waals surface area contributed by atoms with Crippen molar-refractivity contribution in [2.45, 2.75) is 13.3 Å². The number of rotatable bonds is 3. The Morgan fingerprint density at radius 3 is 2.95 bits per heavy atom. The van der Waals surface area contributed by atoms with Gasteiger partial charge in [0.15, 0.2) is 0 Å². The maximum Gasteiger partial charge on any atom is 0.274 e. The van der Waals surface area contributed by atoms with E-state index in [1.165, 1.54) is 0 Å². The minimum Gasteiger partial charge on any atom is -0.319 e. The molecule has 3 heterocycles. The summed E-state index contributed by atoms with van der Waals surface area (Å²) in [5.74, 6) is -0.173. The van der Waals surface area contributed by atoms with E-state index in [4.69, 9.17) is 0 Å². The van der Waals surface area contributed by atoms with Gasteiger partial charge in [-0.25, -0.2) is 4.98 Å². The molecule has 1 N–H and O–H groups in total. The Morgan fingerprint density at radius 1 is 1.30 bits per heavy atom. The third-order valence-corrected chi connectivity index (χ3v) is 3.07. The van der Waals surface area contributed by atoms with E-state index in [-0.39, 0.29) is 5.91 Å². The van der Waals surface area contributed by atoms with Crippen LogP contribution in [0.2, 0.25) is 0 Å². The van der Waals surface area contributed by atoms with Crippen LogP contribution in [0.5, 0.6) is 0 Å². The van der Waals surface area contributed by atoms with E-state index in [0.717, 1.165) is 11.3 Å². The lowest BCUT2D eigenvalue weighted by Gasteiger charge is -2.05. The lowest BCUT2D eigenvalue weighted by atomic mass is 10.2. The van der Waals surface area contributed by atoms with Gasteiger partial charge >= 0.3 is 0 Å². The first kappa shape index (κ1) is 12.3. The summed E-state index contributed by atoms with van der Waals surface area (Å²) in [6.07, 6.45) is 5.84. The number of carbonyl (C=O) groups is 1. The van der Waals surface area contributed by atoms with Crippen LogP contribution >= 0.6 is 0 Å². The molecule has 0 unspecified atom stereocenters. The zero-order valence-electron chi connectivity index (χ0n) is 11.1. The van der Waals surface area contributed by atoms with Crippen molar-refractivity contribution >= 4 is 17.2 Å². The van der Waals surface area contributed by atoms with Crippen molar-refractivity contribution in [2.24, 2.45) is 0 Å². The zero-order chi connectivity index (χ0) is 13.9. The Morgan fingerprint density at radius 2 is 2.20 bits per heavy atom. The van der Waals surface area contributed by atoms with Crippen LogP contribution < -0.4 is 5.32 Å². The Kier molecular flexibility index (Phi) is 3.16. The molecule has 0 radical (unpaired) electrons. The number of nitrogens with zero attached hydrogens (tertiary/aromatic N) is 3. The number of aryl methyl sites for hydroxylation is 1. The van der Waals surface area contributed by atoms with Gasteiger partial charge in [-0.1, -0.05) is 13.0 Å². The predicted molar refractivity (Wildman–Crippen MR) is 76.8 cm³/mol. The molecule has 3 rings (SSSR count). The van der Waals surface area contributed by atoms with Gasteiger partial charge in [-0.05, 0) is 30.7 Å². The molecule has 0 saturated heterocycles. The van der Waals surface area contributed by atoms with Gasteiger partial charge in [0.05, 0.1) is 17.6 Å². The highest BCUT2D eigenvalue weighted by Crippen LogP contribution is 2.15. The molecule has 0 aromatic carbocycles. The van der Waals surface area contributed by atoms with Crippen molar-refractivity contribution in [1.82, 2.24) is 14.4 Å². The Balaban J connectivity index is 2.02. The third-order valence-electron chi connectivity index (χ3n) is 3.07. The van der Waals surface area contributed by atoms with Crippen LogP contribution in [0.4, 0.5) is 5.69 Å². The summed E-state index contributed by atoms with van der Waals surface area (Å²) in [5.41, 5.74) is 2.82. The average Bonchev–Trinajstić information content (AvgIpc) is 2.86. The van der Waals surface area contributed by atoms with Crippen molar-refractivity contribution in [2.75, 3.05) is 5.32 Å². The van der Waals surface area contributed by atoms with Gasteiger partial charge in [0, 0.05) is 12.4 Å². The van der Waals surface area contributed by atoms with E-state index >= 15 is 0 Å². The Hall–Kier alpha value is -2.69. The fourth-order valence-corrected chi connectivity index (χ4v) is 2.16. The predicted octanol–water partition coefficient (Wildman–Crippen LogP) is 2.54. The van der Waals surface area contributed by atoms with Crippen molar-refractivity contribution in [3.63, 3.8) is 0 Å². The van der Waals surface area contributed by atoms with Crippen LogP contribution in [0.15, 0.2) is 48.9 Å². The molecule has 5 heteroatoms. The maximum absolute atomic E-state index is 12.5. The Labute approximate surface area is 116 Å². The molecule has 1 amide bonds. The molecule has 0 bridgehead atoms. The molecule has 0 saturated carbocycles. The van der Waals surface area contributed by atoms with Gasteiger partial charge in [-0.3, -0.25) is 14.2 Å². The van der Waals surface area contributed by atoms with E-state index in [1.807, 2.05) is 35.7 Å². The van der Waals surface area contributed by atoms with Crippen molar-refractivity contribution < 1.29 is 4.79 Å². The summed E-state index contributed by atoms with van der Waals surface area (Å²) in [5, 5.41) is 2.85. The first-order chi connectivity index (χ1) is 9.79. The summed E-state index contributed by atoms with van der Waals surface area (Å²) in [6, 6.07) is 9.27. The smallest absolute Gasteiger partial charge is 0.274 e. The van der Waals surface area contributed by atoms with Crippen molar-refractivity contribution in [1.29, 1.82) is 0 Å². The molecule has 100 valence electrons. The van der Waals surface area contributed by atoms with Crippen LogP contribution in [-0.4, -0.2) is 20.3 Å². The van der Waals surface area contributed by atoms with Gasteiger partial charge in [0.2, 0.25) is 0 Å².